The smallest absolute Gasteiger partial charge is 0.240 e. The van der Waals surface area contributed by atoms with Gasteiger partial charge in [0.2, 0.25) is 10.0 Å². The van der Waals surface area contributed by atoms with Crippen molar-refractivity contribution in [3.05, 3.63) is 29.8 Å². The number of nitrogens with one attached hydrogen (secondary N) is 1. The van der Waals surface area contributed by atoms with E-state index in [1.54, 1.807) is 31.2 Å². The fourth-order valence-electron chi connectivity index (χ4n) is 2.27. The molecule has 1 aromatic carbocycles. The molecule has 5 heteroatoms. The second kappa shape index (κ2) is 5.61. The van der Waals surface area contributed by atoms with E-state index >= 15 is 0 Å². The molecule has 0 saturated heterocycles. The summed E-state index contributed by atoms with van der Waals surface area (Å²) < 4.78 is 27.0. The van der Waals surface area contributed by atoms with Crippen LogP contribution in [0, 0.1) is 5.92 Å². The van der Waals surface area contributed by atoms with Gasteiger partial charge in [0.1, 0.15) is 0 Å². The van der Waals surface area contributed by atoms with Crippen LogP contribution in [0.1, 0.15) is 44.8 Å². The van der Waals surface area contributed by atoms with Crippen molar-refractivity contribution in [1.29, 1.82) is 0 Å². The van der Waals surface area contributed by atoms with Gasteiger partial charge in [0.25, 0.3) is 0 Å². The van der Waals surface area contributed by atoms with Crippen LogP contribution in [-0.4, -0.2) is 19.6 Å². The van der Waals surface area contributed by atoms with Crippen LogP contribution in [0.4, 0.5) is 0 Å². The molecule has 1 aliphatic carbocycles. The van der Waals surface area contributed by atoms with E-state index in [2.05, 4.69) is 11.6 Å². The number of aliphatic hydroxyl groups is 1. The zero-order valence-corrected chi connectivity index (χ0v) is 12.2. The Morgan fingerprint density at radius 3 is 2.53 bits per heavy atom. The summed E-state index contributed by atoms with van der Waals surface area (Å²) in [4.78, 5) is 0.263. The Balaban J connectivity index is 2.04. The van der Waals surface area contributed by atoms with Gasteiger partial charge in [0.05, 0.1) is 11.0 Å². The zero-order valence-electron chi connectivity index (χ0n) is 11.3. The number of rotatable bonds is 6. The first-order valence-corrected chi connectivity index (χ1v) is 8.22. The molecule has 1 aliphatic rings. The number of aliphatic hydroxyl groups excluding tert-OH is 1. The van der Waals surface area contributed by atoms with Gasteiger partial charge in [-0.05, 0) is 43.4 Å². The maximum absolute atomic E-state index is 12.1. The number of hydrogen-bond acceptors (Lipinski definition) is 3. The standard InChI is InChI=1S/C14H21NO3S/c1-3-4-12-9-14(12)15-19(17,18)13-7-5-11(6-8-13)10(2)16/h5-8,10,12,14-16H,3-4,9H2,1-2H3. The van der Waals surface area contributed by atoms with Crippen molar-refractivity contribution in [2.45, 2.75) is 50.2 Å². The Labute approximate surface area is 114 Å². The van der Waals surface area contributed by atoms with Crippen molar-refractivity contribution in [2.75, 3.05) is 0 Å². The molecule has 4 nitrogen and oxygen atoms in total. The van der Waals surface area contributed by atoms with E-state index in [1.165, 1.54) is 0 Å². The first kappa shape index (κ1) is 14.5. The van der Waals surface area contributed by atoms with Crippen LogP contribution < -0.4 is 4.72 Å². The largest absolute Gasteiger partial charge is 0.389 e. The van der Waals surface area contributed by atoms with Crippen LogP contribution >= 0.6 is 0 Å². The molecule has 2 N–H and O–H groups in total. The lowest BCUT2D eigenvalue weighted by molar-refractivity contribution is 0.199. The van der Waals surface area contributed by atoms with E-state index in [0.717, 1.165) is 19.3 Å². The number of sulfonamides is 1. The Kier molecular flexibility index (Phi) is 4.28. The second-order valence-electron chi connectivity index (χ2n) is 5.26. The van der Waals surface area contributed by atoms with E-state index in [4.69, 9.17) is 0 Å². The Morgan fingerprint density at radius 1 is 1.37 bits per heavy atom. The SMILES string of the molecule is CCCC1CC1NS(=O)(=O)c1ccc(C(C)O)cc1. The van der Waals surface area contributed by atoms with E-state index in [0.29, 0.717) is 11.5 Å². The average molecular weight is 283 g/mol. The molecule has 2 rings (SSSR count). The maximum Gasteiger partial charge on any atom is 0.240 e. The summed E-state index contributed by atoms with van der Waals surface area (Å²) in [5.74, 6) is 0.497. The van der Waals surface area contributed by atoms with Crippen molar-refractivity contribution < 1.29 is 13.5 Å². The van der Waals surface area contributed by atoms with Gasteiger partial charge >= 0.3 is 0 Å². The van der Waals surface area contributed by atoms with Crippen molar-refractivity contribution >= 4 is 10.0 Å². The van der Waals surface area contributed by atoms with Gasteiger partial charge in [-0.15, -0.1) is 0 Å². The molecule has 1 saturated carbocycles. The molecule has 1 fully saturated rings. The average Bonchev–Trinajstić information content (AvgIpc) is 3.07. The predicted molar refractivity (Wildman–Crippen MR) is 74.2 cm³/mol. The highest BCUT2D eigenvalue weighted by Gasteiger charge is 2.39. The summed E-state index contributed by atoms with van der Waals surface area (Å²) in [7, 11) is -3.42. The molecule has 0 bridgehead atoms. The molecule has 3 atom stereocenters. The maximum atomic E-state index is 12.1. The van der Waals surface area contributed by atoms with Crippen LogP contribution in [0.3, 0.4) is 0 Å². The molecular formula is C14H21NO3S. The molecule has 19 heavy (non-hydrogen) atoms. The lowest BCUT2D eigenvalue weighted by atomic mass is 10.1. The molecule has 0 radical (unpaired) electrons. The summed E-state index contributed by atoms with van der Waals surface area (Å²) in [6.45, 7) is 3.76. The zero-order chi connectivity index (χ0) is 14.0. The van der Waals surface area contributed by atoms with Crippen LogP contribution in [0.15, 0.2) is 29.2 Å². The first-order valence-electron chi connectivity index (χ1n) is 6.74. The number of hydrogen-bond donors (Lipinski definition) is 2. The van der Waals surface area contributed by atoms with E-state index in [9.17, 15) is 13.5 Å². The molecule has 106 valence electrons. The summed E-state index contributed by atoms with van der Waals surface area (Å²) >= 11 is 0. The van der Waals surface area contributed by atoms with Gasteiger partial charge in [-0.2, -0.15) is 0 Å². The van der Waals surface area contributed by atoms with Gasteiger partial charge in [-0.25, -0.2) is 13.1 Å². The first-order chi connectivity index (χ1) is 8.94. The van der Waals surface area contributed by atoms with Crippen molar-refractivity contribution in [3.63, 3.8) is 0 Å². The molecule has 0 aliphatic heterocycles. The monoisotopic (exact) mass is 283 g/mol. The van der Waals surface area contributed by atoms with Gasteiger partial charge < -0.3 is 5.11 Å². The van der Waals surface area contributed by atoms with Crippen molar-refractivity contribution in [1.82, 2.24) is 4.72 Å². The second-order valence-corrected chi connectivity index (χ2v) is 6.97. The van der Waals surface area contributed by atoms with Crippen molar-refractivity contribution in [3.8, 4) is 0 Å². The Hall–Kier alpha value is -0.910. The summed E-state index contributed by atoms with van der Waals surface area (Å²) in [5, 5.41) is 9.40. The molecule has 0 heterocycles. The van der Waals surface area contributed by atoms with Gasteiger partial charge in [0.15, 0.2) is 0 Å². The van der Waals surface area contributed by atoms with Gasteiger partial charge in [-0.3, -0.25) is 0 Å². The molecule has 0 aromatic heterocycles. The Morgan fingerprint density at radius 2 is 2.00 bits per heavy atom. The van der Waals surface area contributed by atoms with Gasteiger partial charge in [-0.1, -0.05) is 25.5 Å². The molecular weight excluding hydrogens is 262 g/mol. The summed E-state index contributed by atoms with van der Waals surface area (Å²) in [5.41, 5.74) is 0.717. The van der Waals surface area contributed by atoms with E-state index in [-0.39, 0.29) is 10.9 Å². The minimum Gasteiger partial charge on any atom is -0.389 e. The fraction of sp³-hybridized carbons (Fsp3) is 0.571. The highest BCUT2D eigenvalue weighted by molar-refractivity contribution is 7.89. The third-order valence-corrected chi connectivity index (χ3v) is 5.07. The molecule has 0 spiro atoms. The topological polar surface area (TPSA) is 66.4 Å². The minimum absolute atomic E-state index is 0.0985. The van der Waals surface area contributed by atoms with E-state index < -0.39 is 16.1 Å². The fourth-order valence-corrected chi connectivity index (χ4v) is 3.59. The van der Waals surface area contributed by atoms with Crippen LogP contribution in [0.5, 0.6) is 0 Å². The summed E-state index contributed by atoms with van der Waals surface area (Å²) in [6, 6.07) is 6.48. The Bertz CT molecular complexity index is 522. The number of benzene rings is 1. The minimum atomic E-state index is -3.42. The predicted octanol–water partition coefficient (Wildman–Crippen LogP) is 2.21. The lowest BCUT2D eigenvalue weighted by Gasteiger charge is -2.08. The van der Waals surface area contributed by atoms with Crippen LogP contribution in [0.2, 0.25) is 0 Å². The molecule has 0 amide bonds. The highest BCUT2D eigenvalue weighted by atomic mass is 32.2. The van der Waals surface area contributed by atoms with Crippen molar-refractivity contribution in [2.24, 2.45) is 5.92 Å². The quantitative estimate of drug-likeness (QED) is 0.841. The van der Waals surface area contributed by atoms with E-state index in [1.807, 2.05) is 0 Å². The molecule has 3 unspecified atom stereocenters. The third kappa shape index (κ3) is 3.55. The van der Waals surface area contributed by atoms with Crippen LogP contribution in [-0.2, 0) is 10.0 Å². The van der Waals surface area contributed by atoms with Crippen LogP contribution in [0.25, 0.3) is 0 Å². The lowest BCUT2D eigenvalue weighted by Crippen LogP contribution is -2.27. The third-order valence-electron chi connectivity index (χ3n) is 3.56. The highest BCUT2D eigenvalue weighted by Crippen LogP contribution is 2.35. The molecule has 1 aromatic rings. The summed E-state index contributed by atoms with van der Waals surface area (Å²) in [6.07, 6.45) is 2.53. The van der Waals surface area contributed by atoms with Gasteiger partial charge in [0, 0.05) is 6.04 Å². The normalized spacial score (nSPS) is 24.2.